The van der Waals surface area contributed by atoms with Gasteiger partial charge in [0, 0.05) is 35.6 Å². The zero-order valence-electron chi connectivity index (χ0n) is 11.1. The van der Waals surface area contributed by atoms with Crippen molar-refractivity contribution in [3.63, 3.8) is 0 Å². The molecule has 0 saturated carbocycles. The van der Waals surface area contributed by atoms with Crippen LogP contribution >= 0.6 is 27.5 Å². The summed E-state index contributed by atoms with van der Waals surface area (Å²) < 4.78 is 20.5. The molecule has 2 nitrogen and oxygen atoms in total. The van der Waals surface area contributed by atoms with E-state index in [1.807, 2.05) is 26.0 Å². The van der Waals surface area contributed by atoms with E-state index in [2.05, 4.69) is 20.8 Å². The molecule has 0 amide bonds. The molecule has 106 valence electrons. The summed E-state index contributed by atoms with van der Waals surface area (Å²) in [5.41, 5.74) is 0.457. The first-order chi connectivity index (χ1) is 8.89. The van der Waals surface area contributed by atoms with Crippen LogP contribution in [0, 0.1) is 5.82 Å². The molecular formula is C14H18BrClFNO. The van der Waals surface area contributed by atoms with Crippen LogP contribution in [0.1, 0.15) is 19.4 Å². The molecule has 1 aromatic rings. The monoisotopic (exact) mass is 349 g/mol. The highest BCUT2D eigenvalue weighted by molar-refractivity contribution is 9.10. The van der Waals surface area contributed by atoms with Gasteiger partial charge in [-0.1, -0.05) is 22.0 Å². The van der Waals surface area contributed by atoms with Crippen LogP contribution in [0.2, 0.25) is 0 Å². The maximum absolute atomic E-state index is 13.9. The van der Waals surface area contributed by atoms with Crippen LogP contribution in [-0.4, -0.2) is 35.6 Å². The smallest absolute Gasteiger partial charge is 0.128 e. The third-order valence-corrected chi connectivity index (χ3v) is 3.97. The fraction of sp³-hybridized carbons (Fsp3) is 0.571. The molecule has 0 radical (unpaired) electrons. The lowest BCUT2D eigenvalue weighted by atomic mass is 10.0. The van der Waals surface area contributed by atoms with Crippen LogP contribution in [-0.2, 0) is 11.3 Å². The Morgan fingerprint density at radius 2 is 2.26 bits per heavy atom. The van der Waals surface area contributed by atoms with Crippen molar-refractivity contribution in [2.45, 2.75) is 32.1 Å². The minimum absolute atomic E-state index is 0.00364. The number of rotatable bonds is 3. The van der Waals surface area contributed by atoms with Gasteiger partial charge in [-0.15, -0.1) is 11.6 Å². The third kappa shape index (κ3) is 4.15. The number of nitrogens with zero attached hydrogens (tertiary/aromatic N) is 1. The van der Waals surface area contributed by atoms with Crippen LogP contribution < -0.4 is 0 Å². The molecule has 19 heavy (non-hydrogen) atoms. The molecule has 1 saturated heterocycles. The van der Waals surface area contributed by atoms with E-state index >= 15 is 0 Å². The molecule has 5 heteroatoms. The van der Waals surface area contributed by atoms with Gasteiger partial charge in [-0.05, 0) is 26.0 Å². The van der Waals surface area contributed by atoms with E-state index in [1.165, 1.54) is 6.07 Å². The van der Waals surface area contributed by atoms with Gasteiger partial charge in [-0.25, -0.2) is 4.39 Å². The number of hydrogen-bond donors (Lipinski definition) is 0. The van der Waals surface area contributed by atoms with Crippen LogP contribution in [0.5, 0.6) is 0 Å². The zero-order chi connectivity index (χ0) is 14.0. The van der Waals surface area contributed by atoms with Gasteiger partial charge in [0.25, 0.3) is 0 Å². The highest BCUT2D eigenvalue weighted by Crippen LogP contribution is 2.24. The first-order valence-electron chi connectivity index (χ1n) is 6.30. The second-order valence-electron chi connectivity index (χ2n) is 5.56. The van der Waals surface area contributed by atoms with Gasteiger partial charge >= 0.3 is 0 Å². The van der Waals surface area contributed by atoms with E-state index in [1.54, 1.807) is 0 Å². The quantitative estimate of drug-likeness (QED) is 0.769. The molecule has 0 bridgehead atoms. The number of alkyl halides is 1. The average Bonchev–Trinajstić information content (AvgIpc) is 2.31. The van der Waals surface area contributed by atoms with Gasteiger partial charge in [-0.3, -0.25) is 4.90 Å². The molecular weight excluding hydrogens is 333 g/mol. The van der Waals surface area contributed by atoms with Gasteiger partial charge in [0.2, 0.25) is 0 Å². The van der Waals surface area contributed by atoms with E-state index in [9.17, 15) is 4.39 Å². The number of halogens is 3. The Kier molecular flexibility index (Phi) is 4.88. The lowest BCUT2D eigenvalue weighted by molar-refractivity contribution is -0.129. The molecule has 1 unspecified atom stereocenters. The largest absolute Gasteiger partial charge is 0.368 e. The summed E-state index contributed by atoms with van der Waals surface area (Å²) in [6.45, 7) is 6.17. The minimum Gasteiger partial charge on any atom is -0.368 e. The van der Waals surface area contributed by atoms with E-state index in [-0.39, 0.29) is 17.5 Å². The van der Waals surface area contributed by atoms with Crippen molar-refractivity contribution in [3.8, 4) is 0 Å². The number of benzene rings is 1. The van der Waals surface area contributed by atoms with Crippen molar-refractivity contribution < 1.29 is 9.13 Å². The summed E-state index contributed by atoms with van der Waals surface area (Å²) in [6, 6.07) is 5.18. The maximum atomic E-state index is 13.9. The van der Waals surface area contributed by atoms with Gasteiger partial charge in [0.15, 0.2) is 0 Å². The normalized spacial score (nSPS) is 23.5. The first-order valence-corrected chi connectivity index (χ1v) is 7.62. The predicted octanol–water partition coefficient (Wildman–Crippen LogP) is 3.81. The van der Waals surface area contributed by atoms with E-state index in [0.717, 1.165) is 17.6 Å². The Morgan fingerprint density at radius 3 is 2.89 bits per heavy atom. The Morgan fingerprint density at radius 1 is 1.53 bits per heavy atom. The van der Waals surface area contributed by atoms with Crippen LogP contribution in [0.15, 0.2) is 22.7 Å². The lowest BCUT2D eigenvalue weighted by Gasteiger charge is -2.42. The number of ether oxygens (including phenoxy) is 1. The van der Waals surface area contributed by atoms with Gasteiger partial charge in [0.05, 0.1) is 11.7 Å². The predicted molar refractivity (Wildman–Crippen MR) is 79.0 cm³/mol. The standard InChI is InChI=1S/C14H18BrClFNO/c1-14(2)9-18(8-12(6-16)19-14)7-10-3-4-11(15)5-13(10)17/h3-5,12H,6-9H2,1-2H3. The van der Waals surface area contributed by atoms with Crippen LogP contribution in [0.3, 0.4) is 0 Å². The highest BCUT2D eigenvalue weighted by atomic mass is 79.9. The fourth-order valence-corrected chi connectivity index (χ4v) is 3.00. The summed E-state index contributed by atoms with van der Waals surface area (Å²) in [4.78, 5) is 2.20. The maximum Gasteiger partial charge on any atom is 0.128 e. The summed E-state index contributed by atoms with van der Waals surface area (Å²) in [5, 5.41) is 0. The highest BCUT2D eigenvalue weighted by Gasteiger charge is 2.33. The first kappa shape index (κ1) is 15.2. The van der Waals surface area contributed by atoms with Crippen molar-refractivity contribution in [2.24, 2.45) is 0 Å². The molecule has 1 atom stereocenters. The van der Waals surface area contributed by atoms with Crippen molar-refractivity contribution in [1.82, 2.24) is 4.90 Å². The molecule has 0 aromatic heterocycles. The lowest BCUT2D eigenvalue weighted by Crippen LogP contribution is -2.52. The molecule has 1 fully saturated rings. The van der Waals surface area contributed by atoms with Crippen molar-refractivity contribution in [2.75, 3.05) is 19.0 Å². The Labute approximate surface area is 127 Å². The van der Waals surface area contributed by atoms with Gasteiger partial charge in [0.1, 0.15) is 5.82 Å². The van der Waals surface area contributed by atoms with Crippen molar-refractivity contribution >= 4 is 27.5 Å². The average molecular weight is 351 g/mol. The van der Waals surface area contributed by atoms with Crippen molar-refractivity contribution in [1.29, 1.82) is 0 Å². The van der Waals surface area contributed by atoms with Crippen LogP contribution in [0.25, 0.3) is 0 Å². The topological polar surface area (TPSA) is 12.5 Å². The SMILES string of the molecule is CC1(C)CN(Cc2ccc(Br)cc2F)CC(CCl)O1. The Hall–Kier alpha value is -0.160. The second-order valence-corrected chi connectivity index (χ2v) is 6.78. The Bertz CT molecular complexity index is 455. The minimum atomic E-state index is -0.246. The summed E-state index contributed by atoms with van der Waals surface area (Å²) in [7, 11) is 0. The molecule has 0 spiro atoms. The summed E-state index contributed by atoms with van der Waals surface area (Å²) >= 11 is 9.17. The fourth-order valence-electron chi connectivity index (χ4n) is 2.51. The van der Waals surface area contributed by atoms with E-state index < -0.39 is 0 Å². The van der Waals surface area contributed by atoms with Crippen LogP contribution in [0.4, 0.5) is 4.39 Å². The molecule has 0 N–H and O–H groups in total. The molecule has 1 aromatic carbocycles. The van der Waals surface area contributed by atoms with E-state index in [0.29, 0.717) is 18.0 Å². The molecule has 1 aliphatic rings. The molecule has 2 rings (SSSR count). The van der Waals surface area contributed by atoms with Gasteiger partial charge < -0.3 is 4.74 Å². The number of morpholine rings is 1. The molecule has 0 aliphatic carbocycles. The van der Waals surface area contributed by atoms with Crippen molar-refractivity contribution in [3.05, 3.63) is 34.1 Å². The Balaban J connectivity index is 2.09. The molecule has 1 aliphatic heterocycles. The molecule has 1 heterocycles. The number of hydrogen-bond acceptors (Lipinski definition) is 2. The zero-order valence-corrected chi connectivity index (χ0v) is 13.5. The summed E-state index contributed by atoms with van der Waals surface area (Å²) in [6.07, 6.45) is 0.00364. The third-order valence-electron chi connectivity index (χ3n) is 3.13. The van der Waals surface area contributed by atoms with E-state index in [4.69, 9.17) is 16.3 Å². The second kappa shape index (κ2) is 6.08. The summed E-state index contributed by atoms with van der Waals surface area (Å²) in [5.74, 6) is 0.282. The van der Waals surface area contributed by atoms with Gasteiger partial charge in [-0.2, -0.15) is 0 Å².